The summed E-state index contributed by atoms with van der Waals surface area (Å²) in [7, 11) is 0. The highest BCUT2D eigenvalue weighted by molar-refractivity contribution is 7.15. The third kappa shape index (κ3) is 3.67. The number of amides is 2. The summed E-state index contributed by atoms with van der Waals surface area (Å²) in [6.07, 6.45) is 4.67. The number of primary amides is 1. The van der Waals surface area contributed by atoms with Crippen LogP contribution >= 0.6 is 11.3 Å². The van der Waals surface area contributed by atoms with Crippen molar-refractivity contribution in [2.45, 2.75) is 32.6 Å². The summed E-state index contributed by atoms with van der Waals surface area (Å²) < 4.78 is 2.02. The van der Waals surface area contributed by atoms with E-state index in [4.69, 9.17) is 10.7 Å². The molecule has 2 amide bonds. The first-order chi connectivity index (χ1) is 13.5. The van der Waals surface area contributed by atoms with Gasteiger partial charge in [0.1, 0.15) is 0 Å². The van der Waals surface area contributed by atoms with E-state index in [1.807, 2.05) is 20.9 Å². The topological polar surface area (TPSA) is 80.7 Å². The average Bonchev–Trinajstić information content (AvgIpc) is 3.30. The van der Waals surface area contributed by atoms with E-state index in [9.17, 15) is 9.59 Å². The molecular formula is C21H24N4O2S. The molecule has 0 spiro atoms. The van der Waals surface area contributed by atoms with E-state index in [0.29, 0.717) is 32.4 Å². The normalized spacial score (nSPS) is 15.2. The molecule has 1 saturated heterocycles. The first-order valence-corrected chi connectivity index (χ1v) is 10.5. The second-order valence-corrected chi connectivity index (χ2v) is 8.13. The lowest BCUT2D eigenvalue weighted by Gasteiger charge is -2.30. The average molecular weight is 397 g/mol. The number of hydrogen-bond donors (Lipinski definition) is 1. The molecule has 1 aromatic carbocycles. The molecule has 0 saturated carbocycles. The van der Waals surface area contributed by atoms with Gasteiger partial charge >= 0.3 is 0 Å². The highest BCUT2D eigenvalue weighted by atomic mass is 32.1. The van der Waals surface area contributed by atoms with Crippen LogP contribution in [0.25, 0.3) is 16.2 Å². The Morgan fingerprint density at radius 1 is 1.21 bits per heavy atom. The monoisotopic (exact) mass is 396 g/mol. The summed E-state index contributed by atoms with van der Waals surface area (Å²) in [4.78, 5) is 31.5. The van der Waals surface area contributed by atoms with Crippen LogP contribution in [0.15, 0.2) is 35.8 Å². The van der Waals surface area contributed by atoms with E-state index < -0.39 is 0 Å². The second-order valence-electron chi connectivity index (χ2n) is 7.29. The zero-order chi connectivity index (χ0) is 19.7. The number of aromatic nitrogens is 2. The van der Waals surface area contributed by atoms with Crippen LogP contribution in [0.1, 0.15) is 31.0 Å². The van der Waals surface area contributed by atoms with Gasteiger partial charge in [0.15, 0.2) is 4.96 Å². The second kappa shape index (κ2) is 7.75. The smallest absolute Gasteiger partial charge is 0.228 e. The van der Waals surface area contributed by atoms with E-state index in [0.717, 1.165) is 28.3 Å². The zero-order valence-corrected chi connectivity index (χ0v) is 16.7. The van der Waals surface area contributed by atoms with Crippen molar-refractivity contribution in [2.24, 2.45) is 11.7 Å². The summed E-state index contributed by atoms with van der Waals surface area (Å²) in [5, 5.41) is 2.00. The van der Waals surface area contributed by atoms with Gasteiger partial charge in [-0.1, -0.05) is 31.2 Å². The third-order valence-corrected chi connectivity index (χ3v) is 6.41. The Kier molecular flexibility index (Phi) is 5.17. The summed E-state index contributed by atoms with van der Waals surface area (Å²) in [6, 6.07) is 8.45. The fraction of sp³-hybridized carbons (Fsp3) is 0.381. The van der Waals surface area contributed by atoms with Gasteiger partial charge in [-0.05, 0) is 24.8 Å². The van der Waals surface area contributed by atoms with Gasteiger partial charge in [-0.25, -0.2) is 4.98 Å². The van der Waals surface area contributed by atoms with Gasteiger partial charge in [0.2, 0.25) is 11.8 Å². The molecule has 2 aromatic heterocycles. The van der Waals surface area contributed by atoms with Crippen molar-refractivity contribution in [1.82, 2.24) is 14.3 Å². The lowest BCUT2D eigenvalue weighted by Crippen LogP contribution is -2.42. The minimum atomic E-state index is -0.260. The molecule has 1 aliphatic rings. The van der Waals surface area contributed by atoms with E-state index in [2.05, 4.69) is 31.2 Å². The molecule has 2 N–H and O–H groups in total. The number of likely N-dealkylation sites (tertiary alicyclic amines) is 1. The number of piperidine rings is 1. The number of rotatable bonds is 5. The van der Waals surface area contributed by atoms with E-state index in [1.54, 1.807) is 11.3 Å². The number of aryl methyl sites for hydroxylation is 1. The SMILES string of the molecule is CCc1ccc(-c2cn3c(CC(=O)N4CCC(C(N)=O)CC4)csc3n2)cc1. The Labute approximate surface area is 168 Å². The number of hydrogen-bond acceptors (Lipinski definition) is 4. The molecular weight excluding hydrogens is 372 g/mol. The molecule has 1 fully saturated rings. The number of fused-ring (bicyclic) bond motifs is 1. The van der Waals surface area contributed by atoms with Crippen molar-refractivity contribution in [1.29, 1.82) is 0 Å². The largest absolute Gasteiger partial charge is 0.369 e. The van der Waals surface area contributed by atoms with Gasteiger partial charge in [0.25, 0.3) is 0 Å². The fourth-order valence-electron chi connectivity index (χ4n) is 3.69. The van der Waals surface area contributed by atoms with Crippen LogP contribution in [0.2, 0.25) is 0 Å². The predicted molar refractivity (Wildman–Crippen MR) is 110 cm³/mol. The number of imidazole rings is 1. The highest BCUT2D eigenvalue weighted by Crippen LogP contribution is 2.25. The van der Waals surface area contributed by atoms with Crippen molar-refractivity contribution in [3.63, 3.8) is 0 Å². The van der Waals surface area contributed by atoms with Gasteiger partial charge in [0.05, 0.1) is 12.1 Å². The van der Waals surface area contributed by atoms with Crippen molar-refractivity contribution in [2.75, 3.05) is 13.1 Å². The van der Waals surface area contributed by atoms with Crippen LogP contribution < -0.4 is 5.73 Å². The van der Waals surface area contributed by atoms with Gasteiger partial charge < -0.3 is 10.6 Å². The van der Waals surface area contributed by atoms with Crippen LogP contribution in [0, 0.1) is 5.92 Å². The molecule has 28 heavy (non-hydrogen) atoms. The molecule has 3 heterocycles. The molecule has 7 heteroatoms. The Bertz CT molecular complexity index is 997. The summed E-state index contributed by atoms with van der Waals surface area (Å²) in [5.41, 5.74) is 9.63. The van der Waals surface area contributed by atoms with Crippen LogP contribution in [-0.2, 0) is 22.4 Å². The minimum Gasteiger partial charge on any atom is -0.369 e. The van der Waals surface area contributed by atoms with Gasteiger partial charge in [-0.15, -0.1) is 11.3 Å². The maximum atomic E-state index is 12.7. The molecule has 3 aromatic rings. The zero-order valence-electron chi connectivity index (χ0n) is 15.9. The Hall–Kier alpha value is -2.67. The summed E-state index contributed by atoms with van der Waals surface area (Å²) in [5.74, 6) is -0.276. The Morgan fingerprint density at radius 2 is 1.93 bits per heavy atom. The predicted octanol–water partition coefficient (Wildman–Crippen LogP) is 2.89. The van der Waals surface area contributed by atoms with Gasteiger partial charge in [-0.3, -0.25) is 14.0 Å². The minimum absolute atomic E-state index is 0.0881. The molecule has 0 atom stereocenters. The van der Waals surface area contributed by atoms with Crippen LogP contribution in [-0.4, -0.2) is 39.2 Å². The molecule has 146 valence electrons. The molecule has 0 aliphatic carbocycles. The lowest BCUT2D eigenvalue weighted by atomic mass is 9.96. The molecule has 1 aliphatic heterocycles. The number of carbonyl (C=O) groups is 2. The first-order valence-electron chi connectivity index (χ1n) is 9.67. The number of nitrogens with two attached hydrogens (primary N) is 1. The van der Waals surface area contributed by atoms with Crippen molar-refractivity contribution in [3.05, 3.63) is 47.1 Å². The number of nitrogens with zero attached hydrogens (tertiary/aromatic N) is 3. The Balaban J connectivity index is 1.48. The van der Waals surface area contributed by atoms with Gasteiger partial charge in [-0.2, -0.15) is 0 Å². The van der Waals surface area contributed by atoms with E-state index in [1.165, 1.54) is 5.56 Å². The summed E-state index contributed by atoms with van der Waals surface area (Å²) in [6.45, 7) is 3.33. The van der Waals surface area contributed by atoms with Crippen LogP contribution in [0.3, 0.4) is 0 Å². The fourth-order valence-corrected chi connectivity index (χ4v) is 4.56. The van der Waals surface area contributed by atoms with E-state index in [-0.39, 0.29) is 17.7 Å². The van der Waals surface area contributed by atoms with Crippen molar-refractivity contribution < 1.29 is 9.59 Å². The van der Waals surface area contributed by atoms with Gasteiger partial charge in [0, 0.05) is 41.8 Å². The van der Waals surface area contributed by atoms with E-state index >= 15 is 0 Å². The maximum absolute atomic E-state index is 12.7. The number of benzene rings is 1. The molecule has 0 radical (unpaired) electrons. The van der Waals surface area contributed by atoms with Crippen molar-refractivity contribution >= 4 is 28.1 Å². The lowest BCUT2D eigenvalue weighted by molar-refractivity contribution is -0.134. The molecule has 6 nitrogen and oxygen atoms in total. The standard InChI is InChI=1S/C21H24N4O2S/c1-2-14-3-5-15(6-4-14)18-12-25-17(13-28-21(25)23-18)11-19(26)24-9-7-16(8-10-24)20(22)27/h3-6,12-13,16H,2,7-11H2,1H3,(H2,22,27). The molecule has 4 rings (SSSR count). The van der Waals surface area contributed by atoms with Crippen molar-refractivity contribution in [3.8, 4) is 11.3 Å². The first kappa shape index (κ1) is 18.7. The third-order valence-electron chi connectivity index (χ3n) is 5.52. The number of thiazole rings is 1. The summed E-state index contributed by atoms with van der Waals surface area (Å²) >= 11 is 1.55. The van der Waals surface area contributed by atoms with Crippen LogP contribution in [0.4, 0.5) is 0 Å². The van der Waals surface area contributed by atoms with Crippen LogP contribution in [0.5, 0.6) is 0 Å². The highest BCUT2D eigenvalue weighted by Gasteiger charge is 2.26. The maximum Gasteiger partial charge on any atom is 0.228 e. The number of carbonyl (C=O) groups excluding carboxylic acids is 2. The molecule has 0 unspecified atom stereocenters. The quantitative estimate of drug-likeness (QED) is 0.720. The molecule has 0 bridgehead atoms. The Morgan fingerprint density at radius 3 is 2.57 bits per heavy atom.